The highest BCUT2D eigenvalue weighted by atomic mass is 16.7. The number of carbonyl (C=O) groups excluding carboxylic acids is 2. The highest BCUT2D eigenvalue weighted by Crippen LogP contribution is 2.66. The van der Waals surface area contributed by atoms with Crippen LogP contribution in [0.25, 0.3) is 0 Å². The Labute approximate surface area is 263 Å². The Bertz CT molecular complexity index is 1200. The number of allylic oxidation sites excluding steroid dienone is 2. The van der Waals surface area contributed by atoms with Crippen LogP contribution < -0.4 is 0 Å². The summed E-state index contributed by atoms with van der Waals surface area (Å²) in [6.45, 7) is 14.6. The number of hydrogen-bond donors (Lipinski definition) is 0. The molecule has 5 rings (SSSR count). The third kappa shape index (κ3) is 6.86. The number of esters is 2. The zero-order chi connectivity index (χ0) is 31.6. The van der Waals surface area contributed by atoms with Gasteiger partial charge in [0.05, 0.1) is 11.8 Å². The van der Waals surface area contributed by atoms with E-state index in [1.54, 1.807) is 11.6 Å². The van der Waals surface area contributed by atoms with Gasteiger partial charge in [-0.2, -0.15) is 0 Å². The Morgan fingerprint density at radius 3 is 2.52 bits per heavy atom. The third-order valence-electron chi connectivity index (χ3n) is 11.6. The number of fused-ring (bicyclic) bond motifs is 5. The lowest BCUT2D eigenvalue weighted by molar-refractivity contribution is -0.213. The van der Waals surface area contributed by atoms with Crippen LogP contribution in [0.5, 0.6) is 0 Å². The van der Waals surface area contributed by atoms with Crippen LogP contribution in [0.2, 0.25) is 0 Å². The van der Waals surface area contributed by atoms with Gasteiger partial charge in [0.1, 0.15) is 25.4 Å². The van der Waals surface area contributed by atoms with E-state index >= 15 is 0 Å². The highest BCUT2D eigenvalue weighted by Gasteiger charge is 2.59. The van der Waals surface area contributed by atoms with E-state index in [0.29, 0.717) is 24.4 Å². The smallest absolute Gasteiger partial charge is 0.303 e. The van der Waals surface area contributed by atoms with Gasteiger partial charge in [0.15, 0.2) is 6.29 Å². The molecule has 244 valence electrons. The molecule has 0 amide bonds. The van der Waals surface area contributed by atoms with Crippen LogP contribution in [0.3, 0.4) is 0 Å². The van der Waals surface area contributed by atoms with Gasteiger partial charge in [-0.05, 0) is 119 Å². The van der Waals surface area contributed by atoms with Crippen LogP contribution in [-0.4, -0.2) is 55.5 Å². The van der Waals surface area contributed by atoms with Gasteiger partial charge in [0.25, 0.3) is 0 Å². The molecule has 3 fully saturated rings. The van der Waals surface area contributed by atoms with Crippen LogP contribution in [0, 0.1) is 34.5 Å². The summed E-state index contributed by atoms with van der Waals surface area (Å²) in [5.74, 6) is 1.83. The molecule has 0 aromatic carbocycles. The lowest BCUT2D eigenvalue weighted by Crippen LogP contribution is -2.51. The minimum atomic E-state index is -0.614. The molecule has 0 aromatic rings. The standard InChI is InChI=1S/C36H53NO7/c1-22(2)16-19-41-37-23(3)29-10-11-30-28-9-8-26-20-27(14-17-35(26,6)31(28)15-18-36(29,30)7)43-34-13-12-32(42-25(5)39)33(44-34)21-40-24(4)38/h8,12-13,16,27-34H,9-11,14-15,17-21H2,1-7H3/b37-23+/t27-,28?,29+,30?,31?,32-,33+,34?,35-,36+/m0/s1. The largest absolute Gasteiger partial charge is 0.463 e. The van der Waals surface area contributed by atoms with Crippen molar-refractivity contribution in [1.29, 1.82) is 0 Å². The normalized spacial score (nSPS) is 39.7. The second-order valence-electron chi connectivity index (χ2n) is 14.5. The molecule has 0 aromatic heterocycles. The van der Waals surface area contributed by atoms with E-state index in [9.17, 15) is 9.59 Å². The van der Waals surface area contributed by atoms with E-state index in [0.717, 1.165) is 31.6 Å². The van der Waals surface area contributed by atoms with Crippen LogP contribution in [0.1, 0.15) is 99.8 Å². The molecule has 0 radical (unpaired) electrons. The summed E-state index contributed by atoms with van der Waals surface area (Å²) < 4.78 is 23.2. The van der Waals surface area contributed by atoms with Gasteiger partial charge in [0, 0.05) is 19.8 Å². The Morgan fingerprint density at radius 2 is 1.80 bits per heavy atom. The maximum absolute atomic E-state index is 11.6. The summed E-state index contributed by atoms with van der Waals surface area (Å²) in [5, 5.41) is 4.58. The molecule has 0 saturated heterocycles. The maximum Gasteiger partial charge on any atom is 0.303 e. The Kier molecular flexibility index (Phi) is 10.1. The molecular weight excluding hydrogens is 558 g/mol. The summed E-state index contributed by atoms with van der Waals surface area (Å²) in [4.78, 5) is 28.7. The summed E-state index contributed by atoms with van der Waals surface area (Å²) >= 11 is 0. The molecule has 4 unspecified atom stereocenters. The molecule has 44 heavy (non-hydrogen) atoms. The number of oxime groups is 1. The van der Waals surface area contributed by atoms with Gasteiger partial charge >= 0.3 is 11.9 Å². The van der Waals surface area contributed by atoms with E-state index < -0.39 is 30.4 Å². The first kappa shape index (κ1) is 32.9. The summed E-state index contributed by atoms with van der Waals surface area (Å²) in [6.07, 6.45) is 15.6. The fourth-order valence-electron chi connectivity index (χ4n) is 9.36. The van der Waals surface area contributed by atoms with Crippen molar-refractivity contribution >= 4 is 17.7 Å². The van der Waals surface area contributed by atoms with Gasteiger partial charge in [-0.1, -0.05) is 36.2 Å². The number of hydrogen-bond acceptors (Lipinski definition) is 8. The van der Waals surface area contributed by atoms with Crippen molar-refractivity contribution in [3.63, 3.8) is 0 Å². The maximum atomic E-state index is 11.6. The van der Waals surface area contributed by atoms with Crippen molar-refractivity contribution in [2.24, 2.45) is 39.7 Å². The predicted octanol–water partition coefficient (Wildman–Crippen LogP) is 7.09. The minimum Gasteiger partial charge on any atom is -0.463 e. The Balaban J connectivity index is 1.22. The predicted molar refractivity (Wildman–Crippen MR) is 169 cm³/mol. The van der Waals surface area contributed by atoms with E-state index in [1.807, 2.05) is 6.08 Å². The molecule has 0 N–H and O–H groups in total. The summed E-state index contributed by atoms with van der Waals surface area (Å²) in [6, 6.07) is 0. The average Bonchev–Trinajstić information content (AvgIpc) is 3.32. The summed E-state index contributed by atoms with van der Waals surface area (Å²) in [7, 11) is 0. The second kappa shape index (κ2) is 13.5. The van der Waals surface area contributed by atoms with Crippen molar-refractivity contribution in [3.8, 4) is 0 Å². The molecule has 1 aliphatic heterocycles. The number of nitrogens with zero attached hydrogens (tertiary/aromatic N) is 1. The first-order valence-corrected chi connectivity index (χ1v) is 16.7. The van der Waals surface area contributed by atoms with E-state index in [4.69, 9.17) is 23.8 Å². The average molecular weight is 612 g/mol. The molecular formula is C36H53NO7. The van der Waals surface area contributed by atoms with Gasteiger partial charge in [0.2, 0.25) is 0 Å². The molecule has 8 heteroatoms. The van der Waals surface area contributed by atoms with Gasteiger partial charge in [-0.15, -0.1) is 0 Å². The van der Waals surface area contributed by atoms with Crippen molar-refractivity contribution in [2.75, 3.05) is 13.2 Å². The third-order valence-corrected chi connectivity index (χ3v) is 11.6. The molecule has 1 heterocycles. The molecule has 8 nitrogen and oxygen atoms in total. The van der Waals surface area contributed by atoms with Crippen molar-refractivity contribution < 1.29 is 33.4 Å². The molecule has 0 bridgehead atoms. The zero-order valence-electron chi connectivity index (χ0n) is 27.8. The van der Waals surface area contributed by atoms with E-state index in [1.165, 1.54) is 50.8 Å². The van der Waals surface area contributed by atoms with Crippen LogP contribution in [0.4, 0.5) is 0 Å². The molecule has 3 saturated carbocycles. The molecule has 5 aliphatic rings. The fraction of sp³-hybridized carbons (Fsp3) is 0.750. The van der Waals surface area contributed by atoms with Crippen LogP contribution >= 0.6 is 0 Å². The van der Waals surface area contributed by atoms with Crippen molar-refractivity contribution in [1.82, 2.24) is 0 Å². The lowest BCUT2D eigenvalue weighted by Gasteiger charge is -2.58. The number of rotatable bonds is 9. The zero-order valence-corrected chi connectivity index (χ0v) is 27.8. The monoisotopic (exact) mass is 611 g/mol. The SMILES string of the molecule is CC(=O)OC[C@H]1OC(O[C@H]2CC[C@@]3(C)C(=CCC4C3CC[C@@]3(C)C4CC[C@@H]3/C(C)=N/OCC=C(C)C)C2)C=C[C@@H]1OC(C)=O. The first-order valence-electron chi connectivity index (χ1n) is 16.7. The molecule has 0 spiro atoms. The Hall–Kier alpha value is -2.45. The van der Waals surface area contributed by atoms with Crippen molar-refractivity contribution in [2.45, 2.75) is 124 Å². The van der Waals surface area contributed by atoms with Crippen molar-refractivity contribution in [3.05, 3.63) is 35.5 Å². The highest BCUT2D eigenvalue weighted by molar-refractivity contribution is 5.85. The quantitative estimate of drug-likeness (QED) is 0.0904. The minimum absolute atomic E-state index is 0.00365. The van der Waals surface area contributed by atoms with E-state index in [-0.39, 0.29) is 23.5 Å². The summed E-state index contributed by atoms with van der Waals surface area (Å²) in [5.41, 5.74) is 4.46. The molecule has 4 aliphatic carbocycles. The van der Waals surface area contributed by atoms with Gasteiger partial charge in [-0.3, -0.25) is 9.59 Å². The van der Waals surface area contributed by atoms with Gasteiger partial charge < -0.3 is 23.8 Å². The number of carbonyl (C=O) groups is 2. The second-order valence-corrected chi connectivity index (χ2v) is 14.5. The van der Waals surface area contributed by atoms with Gasteiger partial charge in [-0.25, -0.2) is 0 Å². The van der Waals surface area contributed by atoms with Crippen LogP contribution in [-0.2, 0) is 33.4 Å². The van der Waals surface area contributed by atoms with Crippen LogP contribution in [0.15, 0.2) is 40.6 Å². The van der Waals surface area contributed by atoms with E-state index in [2.05, 4.69) is 51.9 Å². The first-order chi connectivity index (χ1) is 20.9. The Morgan fingerprint density at radius 1 is 1.00 bits per heavy atom. The lowest BCUT2D eigenvalue weighted by atomic mass is 9.47. The number of ether oxygens (including phenoxy) is 4. The topological polar surface area (TPSA) is 92.7 Å². The molecule has 10 atom stereocenters. The fourth-order valence-corrected chi connectivity index (χ4v) is 9.36.